The zero-order valence-corrected chi connectivity index (χ0v) is 18.3. The second-order valence-electron chi connectivity index (χ2n) is 6.96. The number of nitrogens with two attached hydrogens (primary N) is 1. The van der Waals surface area contributed by atoms with E-state index in [1.807, 2.05) is 0 Å². The molecule has 0 aliphatic carbocycles. The number of halogens is 1. The van der Waals surface area contributed by atoms with Crippen LogP contribution in [0.2, 0.25) is 0 Å². The van der Waals surface area contributed by atoms with Crippen molar-refractivity contribution in [1.29, 1.82) is 0 Å². The summed E-state index contributed by atoms with van der Waals surface area (Å²) in [5, 5.41) is 2.75. The minimum atomic E-state index is -3.71. The molecule has 28 heavy (non-hydrogen) atoms. The van der Waals surface area contributed by atoms with E-state index in [1.165, 1.54) is 19.2 Å². The van der Waals surface area contributed by atoms with Crippen molar-refractivity contribution in [2.24, 2.45) is 11.7 Å². The summed E-state index contributed by atoms with van der Waals surface area (Å²) in [6.45, 7) is 2.55. The predicted octanol–water partition coefficient (Wildman–Crippen LogP) is 0.773. The average Bonchev–Trinajstić information content (AvgIpc) is 2.65. The molecule has 1 fully saturated rings. The molecule has 156 valence electrons. The van der Waals surface area contributed by atoms with Crippen LogP contribution in [0, 0.1) is 5.92 Å². The second-order valence-corrected chi connectivity index (χ2v) is 9.92. The Kier molecular flexibility index (Phi) is 8.41. The quantitative estimate of drug-likeness (QED) is 0.513. The van der Waals surface area contributed by atoms with Crippen LogP contribution in [0.4, 0.5) is 0 Å². The lowest BCUT2D eigenvalue weighted by atomic mass is 9.97. The summed E-state index contributed by atoms with van der Waals surface area (Å²) < 4.78 is 26.8. The highest BCUT2D eigenvalue weighted by Crippen LogP contribution is 2.18. The Morgan fingerprint density at radius 3 is 2.64 bits per heavy atom. The van der Waals surface area contributed by atoms with Gasteiger partial charge in [0.05, 0.1) is 17.4 Å². The van der Waals surface area contributed by atoms with Crippen LogP contribution in [-0.4, -0.2) is 69.2 Å². The van der Waals surface area contributed by atoms with Crippen molar-refractivity contribution in [3.63, 3.8) is 0 Å². The molecular weight excluding hydrogens is 448 g/mol. The van der Waals surface area contributed by atoms with Crippen molar-refractivity contribution in [3.8, 4) is 0 Å². The normalized spacial score (nSPS) is 18.2. The lowest BCUT2D eigenvalue weighted by Gasteiger charge is -2.31. The molecule has 0 aromatic heterocycles. The summed E-state index contributed by atoms with van der Waals surface area (Å²) in [5.74, 6) is -0.703. The molecule has 2 amide bonds. The van der Waals surface area contributed by atoms with Crippen molar-refractivity contribution < 1.29 is 18.0 Å². The van der Waals surface area contributed by atoms with Crippen molar-refractivity contribution in [2.45, 2.75) is 24.2 Å². The molecular formula is C18H27BrN4O4S. The Morgan fingerprint density at radius 1 is 1.32 bits per heavy atom. The molecule has 1 aliphatic heterocycles. The number of hydrogen-bond acceptors (Lipinski definition) is 5. The van der Waals surface area contributed by atoms with Crippen LogP contribution < -0.4 is 11.1 Å². The number of carbonyl (C=O) groups excluding carboxylic acids is 2. The predicted molar refractivity (Wildman–Crippen MR) is 110 cm³/mol. The Labute approximate surface area is 174 Å². The fourth-order valence-corrected chi connectivity index (χ4v) is 4.54. The maximum Gasteiger partial charge on any atom is 0.243 e. The zero-order valence-electron chi connectivity index (χ0n) is 15.9. The van der Waals surface area contributed by atoms with Gasteiger partial charge in [0.1, 0.15) is 0 Å². The van der Waals surface area contributed by atoms with E-state index < -0.39 is 10.0 Å². The smallest absolute Gasteiger partial charge is 0.243 e. The van der Waals surface area contributed by atoms with E-state index in [9.17, 15) is 18.0 Å². The van der Waals surface area contributed by atoms with E-state index in [-0.39, 0.29) is 29.2 Å². The Morgan fingerprint density at radius 2 is 2.00 bits per heavy atom. The average molecular weight is 475 g/mol. The van der Waals surface area contributed by atoms with Crippen molar-refractivity contribution in [1.82, 2.24) is 14.5 Å². The first-order valence-corrected chi connectivity index (χ1v) is 11.4. The third kappa shape index (κ3) is 6.54. The molecule has 1 aromatic carbocycles. The number of likely N-dealkylation sites (N-methyl/N-ethyl adjacent to an activating group) is 1. The molecule has 1 atom stereocenters. The van der Waals surface area contributed by atoms with Crippen molar-refractivity contribution >= 4 is 37.8 Å². The number of nitrogens with zero attached hydrogens (tertiary/aromatic N) is 2. The first-order chi connectivity index (χ1) is 13.2. The molecule has 1 heterocycles. The first-order valence-electron chi connectivity index (χ1n) is 9.20. The number of carbonyl (C=O) groups is 2. The van der Waals surface area contributed by atoms with Gasteiger partial charge in [0.2, 0.25) is 21.8 Å². The molecule has 0 spiro atoms. The SMILES string of the molecule is CN(CC(=O)NCCCN1CCCC(C(N)=O)C1)S(=O)(=O)c1ccc(Br)cc1. The number of amides is 2. The standard InChI is InChI=1S/C18H27BrN4O4S/c1-22(28(26,27)16-7-5-15(19)6-8-16)13-17(24)21-9-3-11-23-10-2-4-14(12-23)18(20)25/h5-8,14H,2-4,9-13H2,1H3,(H2,20,25)(H,21,24). The third-order valence-corrected chi connectivity index (χ3v) is 7.12. The first kappa shape index (κ1) is 22.8. The number of sulfonamides is 1. The molecule has 1 aliphatic rings. The highest BCUT2D eigenvalue weighted by molar-refractivity contribution is 9.10. The Balaban J connectivity index is 1.73. The van der Waals surface area contributed by atoms with E-state index in [4.69, 9.17) is 5.73 Å². The summed E-state index contributed by atoms with van der Waals surface area (Å²) in [6.07, 6.45) is 2.50. The van der Waals surface area contributed by atoms with Crippen LogP contribution >= 0.6 is 15.9 Å². The van der Waals surface area contributed by atoms with E-state index in [2.05, 4.69) is 26.1 Å². The monoisotopic (exact) mass is 474 g/mol. The van der Waals surface area contributed by atoms with Gasteiger partial charge in [-0.3, -0.25) is 9.59 Å². The van der Waals surface area contributed by atoms with E-state index >= 15 is 0 Å². The fraction of sp³-hybridized carbons (Fsp3) is 0.556. The number of benzene rings is 1. The molecule has 1 saturated heterocycles. The lowest BCUT2D eigenvalue weighted by Crippen LogP contribution is -2.42. The molecule has 0 saturated carbocycles. The molecule has 1 unspecified atom stereocenters. The fourth-order valence-electron chi connectivity index (χ4n) is 3.15. The molecule has 0 radical (unpaired) electrons. The van der Waals surface area contributed by atoms with E-state index in [1.54, 1.807) is 12.1 Å². The van der Waals surface area contributed by atoms with Crippen LogP contribution in [0.15, 0.2) is 33.6 Å². The lowest BCUT2D eigenvalue weighted by molar-refractivity contribution is -0.123. The van der Waals surface area contributed by atoms with Gasteiger partial charge in [-0.2, -0.15) is 4.31 Å². The molecule has 2 rings (SSSR count). The third-order valence-electron chi connectivity index (χ3n) is 4.77. The van der Waals surface area contributed by atoms with Crippen LogP contribution in [0.3, 0.4) is 0 Å². The van der Waals surface area contributed by atoms with Gasteiger partial charge in [-0.1, -0.05) is 15.9 Å². The number of nitrogens with one attached hydrogen (secondary N) is 1. The maximum absolute atomic E-state index is 12.5. The van der Waals surface area contributed by atoms with Gasteiger partial charge in [-0.05, 0) is 56.6 Å². The maximum atomic E-state index is 12.5. The molecule has 0 bridgehead atoms. The largest absolute Gasteiger partial charge is 0.369 e. The van der Waals surface area contributed by atoms with Gasteiger partial charge in [0, 0.05) is 24.6 Å². The van der Waals surface area contributed by atoms with Crippen LogP contribution in [-0.2, 0) is 19.6 Å². The van der Waals surface area contributed by atoms with Gasteiger partial charge < -0.3 is 16.0 Å². The molecule has 10 heteroatoms. The Hall–Kier alpha value is -1.49. The Bertz CT molecular complexity index is 785. The van der Waals surface area contributed by atoms with Gasteiger partial charge in [0.25, 0.3) is 0 Å². The number of primary amides is 1. The van der Waals surface area contributed by atoms with Crippen LogP contribution in [0.5, 0.6) is 0 Å². The number of rotatable bonds is 9. The number of piperidine rings is 1. The molecule has 1 aromatic rings. The van der Waals surface area contributed by atoms with Gasteiger partial charge >= 0.3 is 0 Å². The molecule has 3 N–H and O–H groups in total. The van der Waals surface area contributed by atoms with Crippen molar-refractivity contribution in [3.05, 3.63) is 28.7 Å². The summed E-state index contributed by atoms with van der Waals surface area (Å²) in [6, 6.07) is 6.27. The topological polar surface area (TPSA) is 113 Å². The van der Waals surface area contributed by atoms with Crippen LogP contribution in [0.1, 0.15) is 19.3 Å². The van der Waals surface area contributed by atoms with E-state index in [0.29, 0.717) is 13.1 Å². The highest BCUT2D eigenvalue weighted by Gasteiger charge is 2.24. The minimum absolute atomic E-state index is 0.0965. The summed E-state index contributed by atoms with van der Waals surface area (Å²) in [7, 11) is -2.33. The summed E-state index contributed by atoms with van der Waals surface area (Å²) >= 11 is 3.26. The van der Waals surface area contributed by atoms with Crippen LogP contribution in [0.25, 0.3) is 0 Å². The van der Waals surface area contributed by atoms with Gasteiger partial charge in [-0.15, -0.1) is 0 Å². The minimum Gasteiger partial charge on any atom is -0.369 e. The highest BCUT2D eigenvalue weighted by atomic mass is 79.9. The molecule has 8 nitrogen and oxygen atoms in total. The van der Waals surface area contributed by atoms with Gasteiger partial charge in [0.15, 0.2) is 0 Å². The second kappa shape index (κ2) is 10.3. The summed E-state index contributed by atoms with van der Waals surface area (Å²) in [4.78, 5) is 25.7. The number of likely N-dealkylation sites (tertiary alicyclic amines) is 1. The summed E-state index contributed by atoms with van der Waals surface area (Å²) in [5.41, 5.74) is 5.38. The zero-order chi connectivity index (χ0) is 20.7. The number of hydrogen-bond donors (Lipinski definition) is 2. The van der Waals surface area contributed by atoms with Gasteiger partial charge in [-0.25, -0.2) is 8.42 Å². The van der Waals surface area contributed by atoms with E-state index in [0.717, 1.165) is 41.1 Å². The van der Waals surface area contributed by atoms with Crippen molar-refractivity contribution in [2.75, 3.05) is 39.8 Å².